The summed E-state index contributed by atoms with van der Waals surface area (Å²) in [6.45, 7) is 0. The van der Waals surface area contributed by atoms with E-state index in [1.54, 1.807) is 37.5 Å². The van der Waals surface area contributed by atoms with Crippen LogP contribution in [-0.2, 0) is 4.79 Å². The van der Waals surface area contributed by atoms with Crippen LogP contribution in [0.25, 0.3) is 11.8 Å². The molecule has 27 heavy (non-hydrogen) atoms. The molecule has 1 amide bonds. The maximum atomic E-state index is 12.5. The van der Waals surface area contributed by atoms with Crippen molar-refractivity contribution in [3.05, 3.63) is 82.6 Å². The number of ether oxygens (including phenoxy) is 1. The third-order valence-electron chi connectivity index (χ3n) is 3.87. The molecule has 0 bridgehead atoms. The molecule has 3 aromatic rings. The van der Waals surface area contributed by atoms with Gasteiger partial charge in [0, 0.05) is 33.8 Å². The molecule has 134 valence electrons. The standard InChI is InChI=1S/C21H16BrN3O2/c1-27-20-6-2-4-17(13-20)24-21(26)15(14-23)12-19-5-3-11-25(19)18-9-7-16(22)8-10-18/h2-13H,1H3,(H,24,26)/b15-12-. The van der Waals surface area contributed by atoms with Gasteiger partial charge < -0.3 is 14.6 Å². The SMILES string of the molecule is COc1cccc(NC(=O)/C(C#N)=C\c2cccn2-c2ccc(Br)cc2)c1. The maximum Gasteiger partial charge on any atom is 0.266 e. The van der Waals surface area contributed by atoms with Gasteiger partial charge in [0.15, 0.2) is 0 Å². The van der Waals surface area contributed by atoms with Crippen molar-refractivity contribution in [3.8, 4) is 17.5 Å². The molecule has 2 aromatic carbocycles. The number of nitrogens with one attached hydrogen (secondary N) is 1. The van der Waals surface area contributed by atoms with Crippen molar-refractivity contribution in [2.24, 2.45) is 0 Å². The van der Waals surface area contributed by atoms with Gasteiger partial charge in [-0.05, 0) is 54.6 Å². The van der Waals surface area contributed by atoms with Crippen LogP contribution in [0.2, 0.25) is 0 Å². The van der Waals surface area contributed by atoms with Crippen LogP contribution in [0.5, 0.6) is 5.75 Å². The second-order valence-electron chi connectivity index (χ2n) is 5.64. The predicted octanol–water partition coefficient (Wildman–Crippen LogP) is 4.79. The number of hydrogen-bond donors (Lipinski definition) is 1. The topological polar surface area (TPSA) is 67.0 Å². The summed E-state index contributed by atoms with van der Waals surface area (Å²) < 4.78 is 8.03. The Morgan fingerprint density at radius 1 is 1.19 bits per heavy atom. The largest absolute Gasteiger partial charge is 0.497 e. The van der Waals surface area contributed by atoms with E-state index in [9.17, 15) is 10.1 Å². The summed E-state index contributed by atoms with van der Waals surface area (Å²) in [4.78, 5) is 12.5. The van der Waals surface area contributed by atoms with Crippen molar-refractivity contribution in [2.75, 3.05) is 12.4 Å². The Morgan fingerprint density at radius 3 is 2.67 bits per heavy atom. The first-order valence-corrected chi connectivity index (χ1v) is 8.90. The Morgan fingerprint density at radius 2 is 1.96 bits per heavy atom. The van der Waals surface area contributed by atoms with Gasteiger partial charge in [-0.2, -0.15) is 5.26 Å². The van der Waals surface area contributed by atoms with E-state index in [2.05, 4.69) is 21.2 Å². The fourth-order valence-corrected chi connectivity index (χ4v) is 2.81. The molecule has 0 aliphatic rings. The molecule has 1 N–H and O–H groups in total. The number of anilines is 1. The lowest BCUT2D eigenvalue weighted by atomic mass is 10.2. The van der Waals surface area contributed by atoms with Crippen molar-refractivity contribution in [3.63, 3.8) is 0 Å². The van der Waals surface area contributed by atoms with Crippen LogP contribution < -0.4 is 10.1 Å². The number of methoxy groups -OCH3 is 1. The lowest BCUT2D eigenvalue weighted by Crippen LogP contribution is -2.13. The minimum Gasteiger partial charge on any atom is -0.497 e. The summed E-state index contributed by atoms with van der Waals surface area (Å²) in [6, 6.07) is 20.4. The smallest absolute Gasteiger partial charge is 0.266 e. The Labute approximate surface area is 165 Å². The molecule has 0 spiro atoms. The number of rotatable bonds is 5. The number of hydrogen-bond acceptors (Lipinski definition) is 3. The lowest BCUT2D eigenvalue weighted by molar-refractivity contribution is -0.112. The molecule has 0 saturated carbocycles. The minimum atomic E-state index is -0.477. The fourth-order valence-electron chi connectivity index (χ4n) is 2.54. The van der Waals surface area contributed by atoms with Crippen LogP contribution in [0.15, 0.2) is 76.9 Å². The number of amides is 1. The Bertz CT molecular complexity index is 1030. The highest BCUT2D eigenvalue weighted by atomic mass is 79.9. The first-order chi connectivity index (χ1) is 13.1. The Balaban J connectivity index is 1.86. The highest BCUT2D eigenvalue weighted by molar-refractivity contribution is 9.10. The number of benzene rings is 2. The van der Waals surface area contributed by atoms with Crippen LogP contribution in [0, 0.1) is 11.3 Å². The number of carbonyl (C=O) groups excluding carboxylic acids is 1. The molecule has 5 nitrogen and oxygen atoms in total. The van der Waals surface area contributed by atoms with Crippen LogP contribution in [0.3, 0.4) is 0 Å². The predicted molar refractivity (Wildman–Crippen MR) is 109 cm³/mol. The van der Waals surface area contributed by atoms with E-state index < -0.39 is 5.91 Å². The molecule has 0 aliphatic carbocycles. The summed E-state index contributed by atoms with van der Waals surface area (Å²) in [6.07, 6.45) is 3.45. The number of carbonyl (C=O) groups is 1. The molecule has 0 aliphatic heterocycles. The molecule has 0 radical (unpaired) electrons. The summed E-state index contributed by atoms with van der Waals surface area (Å²) in [7, 11) is 1.55. The van der Waals surface area contributed by atoms with E-state index in [-0.39, 0.29) is 5.57 Å². The minimum absolute atomic E-state index is 0.00915. The zero-order valence-electron chi connectivity index (χ0n) is 14.5. The zero-order valence-corrected chi connectivity index (χ0v) is 16.1. The Hall–Kier alpha value is -3.30. The third-order valence-corrected chi connectivity index (χ3v) is 4.40. The zero-order chi connectivity index (χ0) is 19.2. The van der Waals surface area contributed by atoms with Crippen molar-refractivity contribution in [1.29, 1.82) is 5.26 Å². The highest BCUT2D eigenvalue weighted by Gasteiger charge is 2.12. The van der Waals surface area contributed by atoms with E-state index in [1.165, 1.54) is 0 Å². The lowest BCUT2D eigenvalue weighted by Gasteiger charge is -2.08. The monoisotopic (exact) mass is 421 g/mol. The van der Waals surface area contributed by atoms with Crippen LogP contribution in [0.1, 0.15) is 5.69 Å². The van der Waals surface area contributed by atoms with Gasteiger partial charge in [0.2, 0.25) is 0 Å². The van der Waals surface area contributed by atoms with Crippen LogP contribution in [-0.4, -0.2) is 17.6 Å². The van der Waals surface area contributed by atoms with E-state index >= 15 is 0 Å². The number of nitrogens with zero attached hydrogens (tertiary/aromatic N) is 2. The van der Waals surface area contributed by atoms with Crippen molar-refractivity contribution < 1.29 is 9.53 Å². The summed E-state index contributed by atoms with van der Waals surface area (Å²) >= 11 is 3.41. The summed E-state index contributed by atoms with van der Waals surface area (Å²) in [5.74, 6) is 0.147. The molecule has 0 unspecified atom stereocenters. The molecule has 0 fully saturated rings. The number of nitriles is 1. The first-order valence-electron chi connectivity index (χ1n) is 8.11. The molecule has 3 rings (SSSR count). The summed E-state index contributed by atoms with van der Waals surface area (Å²) in [5, 5.41) is 12.2. The average Bonchev–Trinajstić information content (AvgIpc) is 3.15. The molecule has 1 heterocycles. The maximum absolute atomic E-state index is 12.5. The Kier molecular flexibility index (Phi) is 5.74. The van der Waals surface area contributed by atoms with Crippen LogP contribution >= 0.6 is 15.9 Å². The van der Waals surface area contributed by atoms with Crippen molar-refractivity contribution >= 4 is 33.6 Å². The molecule has 0 saturated heterocycles. The van der Waals surface area contributed by atoms with Crippen molar-refractivity contribution in [2.45, 2.75) is 0 Å². The van der Waals surface area contributed by atoms with Crippen LogP contribution in [0.4, 0.5) is 5.69 Å². The van der Waals surface area contributed by atoms with E-state index in [4.69, 9.17) is 4.74 Å². The van der Waals surface area contributed by atoms with Gasteiger partial charge in [-0.3, -0.25) is 4.79 Å². The van der Waals surface area contributed by atoms with E-state index in [0.29, 0.717) is 11.4 Å². The second kappa shape index (κ2) is 8.39. The summed E-state index contributed by atoms with van der Waals surface area (Å²) in [5.41, 5.74) is 2.23. The third kappa shape index (κ3) is 4.46. The van der Waals surface area contributed by atoms with E-state index in [1.807, 2.05) is 53.2 Å². The van der Waals surface area contributed by atoms with Gasteiger partial charge in [0.05, 0.1) is 7.11 Å². The van der Waals surface area contributed by atoms with Crippen molar-refractivity contribution in [1.82, 2.24) is 4.57 Å². The molecular formula is C21H16BrN3O2. The quantitative estimate of drug-likeness (QED) is 0.475. The van der Waals surface area contributed by atoms with Gasteiger partial charge in [-0.25, -0.2) is 0 Å². The first kappa shape index (κ1) is 18.5. The van der Waals surface area contributed by atoms with E-state index in [0.717, 1.165) is 15.9 Å². The van der Waals surface area contributed by atoms with Gasteiger partial charge in [0.1, 0.15) is 17.4 Å². The second-order valence-corrected chi connectivity index (χ2v) is 6.55. The fraction of sp³-hybridized carbons (Fsp3) is 0.0476. The molecular weight excluding hydrogens is 406 g/mol. The number of aromatic nitrogens is 1. The normalized spacial score (nSPS) is 10.9. The molecule has 1 aromatic heterocycles. The molecule has 0 atom stereocenters. The van der Waals surface area contributed by atoms with Gasteiger partial charge >= 0.3 is 0 Å². The average molecular weight is 422 g/mol. The van der Waals surface area contributed by atoms with Gasteiger partial charge in [-0.15, -0.1) is 0 Å². The van der Waals surface area contributed by atoms with Gasteiger partial charge in [0.25, 0.3) is 5.91 Å². The number of halogens is 1. The van der Waals surface area contributed by atoms with Gasteiger partial charge in [-0.1, -0.05) is 22.0 Å². The molecule has 6 heteroatoms. The highest BCUT2D eigenvalue weighted by Crippen LogP contribution is 2.20.